The second kappa shape index (κ2) is 6.11. The van der Waals surface area contributed by atoms with E-state index in [0.717, 1.165) is 11.3 Å². The van der Waals surface area contributed by atoms with Crippen LogP contribution in [0.3, 0.4) is 0 Å². The summed E-state index contributed by atoms with van der Waals surface area (Å²) in [5.74, 6) is -0.166. The lowest BCUT2D eigenvalue weighted by Crippen LogP contribution is -2.13. The lowest BCUT2D eigenvalue weighted by Gasteiger charge is -2.07. The van der Waals surface area contributed by atoms with Gasteiger partial charge >= 0.3 is 0 Å². The molecule has 0 bridgehead atoms. The lowest BCUT2D eigenvalue weighted by atomic mass is 10.1. The Morgan fingerprint density at radius 2 is 2.00 bits per heavy atom. The van der Waals surface area contributed by atoms with E-state index in [0.29, 0.717) is 17.7 Å². The second-order valence-corrected chi connectivity index (χ2v) is 4.26. The number of aliphatic hydroxyl groups is 1. The highest BCUT2D eigenvalue weighted by molar-refractivity contribution is 6.04. The molecule has 0 aliphatic rings. The number of amides is 1. The van der Waals surface area contributed by atoms with Gasteiger partial charge in [0, 0.05) is 24.2 Å². The maximum Gasteiger partial charge on any atom is 0.257 e. The number of carbonyl (C=O) groups is 1. The summed E-state index contributed by atoms with van der Waals surface area (Å²) in [7, 11) is 0. The zero-order valence-corrected chi connectivity index (χ0v) is 10.8. The first-order chi connectivity index (χ1) is 9.20. The third kappa shape index (κ3) is 3.39. The molecular formula is C15H16N2O2. The van der Waals surface area contributed by atoms with Crippen molar-refractivity contribution in [2.24, 2.45) is 0 Å². The molecule has 1 heterocycles. The molecule has 2 aromatic rings. The van der Waals surface area contributed by atoms with E-state index in [9.17, 15) is 4.79 Å². The summed E-state index contributed by atoms with van der Waals surface area (Å²) >= 11 is 0. The summed E-state index contributed by atoms with van der Waals surface area (Å²) in [6.45, 7) is 1.93. The number of nitrogens with one attached hydrogen (secondary N) is 1. The van der Waals surface area contributed by atoms with E-state index in [1.54, 1.807) is 25.3 Å². The van der Waals surface area contributed by atoms with Gasteiger partial charge in [-0.3, -0.25) is 9.78 Å². The molecule has 0 atom stereocenters. The van der Waals surface area contributed by atoms with Crippen LogP contribution in [0.5, 0.6) is 0 Å². The van der Waals surface area contributed by atoms with Gasteiger partial charge in [0.1, 0.15) is 0 Å². The van der Waals surface area contributed by atoms with E-state index in [1.807, 2.05) is 24.3 Å². The average molecular weight is 256 g/mol. The summed E-state index contributed by atoms with van der Waals surface area (Å²) in [4.78, 5) is 16.1. The second-order valence-electron chi connectivity index (χ2n) is 4.26. The number of hydrogen-bond donors (Lipinski definition) is 2. The zero-order chi connectivity index (χ0) is 13.7. The van der Waals surface area contributed by atoms with Gasteiger partial charge in [0.25, 0.3) is 5.91 Å². The fourth-order valence-electron chi connectivity index (χ4n) is 1.81. The first kappa shape index (κ1) is 13.2. The van der Waals surface area contributed by atoms with Gasteiger partial charge in [-0.2, -0.15) is 0 Å². The predicted octanol–water partition coefficient (Wildman–Crippen LogP) is 2.18. The molecule has 2 rings (SSSR count). The van der Waals surface area contributed by atoms with Crippen molar-refractivity contribution in [3.8, 4) is 0 Å². The van der Waals surface area contributed by atoms with Crippen LogP contribution in [0.15, 0.2) is 42.6 Å². The van der Waals surface area contributed by atoms with Gasteiger partial charge in [-0.15, -0.1) is 0 Å². The Labute approximate surface area is 112 Å². The Hall–Kier alpha value is -2.20. The molecule has 1 aromatic carbocycles. The van der Waals surface area contributed by atoms with Crippen molar-refractivity contribution in [1.82, 2.24) is 4.98 Å². The van der Waals surface area contributed by atoms with Crippen LogP contribution in [0.25, 0.3) is 0 Å². The summed E-state index contributed by atoms with van der Waals surface area (Å²) in [5, 5.41) is 11.7. The molecule has 19 heavy (non-hydrogen) atoms. The molecule has 4 nitrogen and oxygen atoms in total. The van der Waals surface area contributed by atoms with Gasteiger partial charge in [-0.25, -0.2) is 0 Å². The van der Waals surface area contributed by atoms with E-state index in [4.69, 9.17) is 5.11 Å². The number of aromatic nitrogens is 1. The van der Waals surface area contributed by atoms with Crippen molar-refractivity contribution in [2.75, 3.05) is 11.9 Å². The Kier molecular flexibility index (Phi) is 4.26. The van der Waals surface area contributed by atoms with Crippen LogP contribution in [-0.4, -0.2) is 22.6 Å². The fourth-order valence-corrected chi connectivity index (χ4v) is 1.81. The number of carbonyl (C=O) groups excluding carboxylic acids is 1. The number of aliphatic hydroxyl groups excluding tert-OH is 1. The van der Waals surface area contributed by atoms with E-state index < -0.39 is 0 Å². The highest BCUT2D eigenvalue weighted by Crippen LogP contribution is 2.12. The SMILES string of the molecule is Cc1ncccc1C(=O)Nc1ccc(CCO)cc1. The van der Waals surface area contributed by atoms with Crippen molar-refractivity contribution in [1.29, 1.82) is 0 Å². The van der Waals surface area contributed by atoms with Crippen molar-refractivity contribution in [3.63, 3.8) is 0 Å². The first-order valence-electron chi connectivity index (χ1n) is 6.13. The molecule has 1 aromatic heterocycles. The summed E-state index contributed by atoms with van der Waals surface area (Å²) in [5.41, 5.74) is 3.05. The third-order valence-electron chi connectivity index (χ3n) is 2.86. The Morgan fingerprint density at radius 1 is 1.26 bits per heavy atom. The van der Waals surface area contributed by atoms with Crippen LogP contribution in [0.4, 0.5) is 5.69 Å². The molecule has 4 heteroatoms. The van der Waals surface area contributed by atoms with Crippen LogP contribution in [0.1, 0.15) is 21.6 Å². The number of rotatable bonds is 4. The number of anilines is 1. The fraction of sp³-hybridized carbons (Fsp3) is 0.200. The molecule has 0 fully saturated rings. The van der Waals surface area contributed by atoms with Crippen LogP contribution >= 0.6 is 0 Å². The van der Waals surface area contributed by atoms with Crippen molar-refractivity contribution < 1.29 is 9.90 Å². The quantitative estimate of drug-likeness (QED) is 0.881. The van der Waals surface area contributed by atoms with E-state index in [1.165, 1.54) is 0 Å². The van der Waals surface area contributed by atoms with Gasteiger partial charge in [-0.1, -0.05) is 12.1 Å². The predicted molar refractivity (Wildman–Crippen MR) is 74.2 cm³/mol. The van der Waals surface area contributed by atoms with Crippen LogP contribution in [-0.2, 0) is 6.42 Å². The standard InChI is InChI=1S/C15H16N2O2/c1-11-14(3-2-9-16-11)15(19)17-13-6-4-12(5-7-13)8-10-18/h2-7,9,18H,8,10H2,1H3,(H,17,19). The smallest absolute Gasteiger partial charge is 0.257 e. The van der Waals surface area contributed by atoms with Gasteiger partial charge < -0.3 is 10.4 Å². The van der Waals surface area contributed by atoms with Crippen LogP contribution in [0.2, 0.25) is 0 Å². The number of hydrogen-bond acceptors (Lipinski definition) is 3. The minimum atomic E-state index is -0.166. The first-order valence-corrected chi connectivity index (χ1v) is 6.13. The Bertz CT molecular complexity index is 565. The van der Waals surface area contributed by atoms with Crippen LogP contribution in [0, 0.1) is 6.92 Å². The van der Waals surface area contributed by atoms with Crippen LogP contribution < -0.4 is 5.32 Å². The normalized spacial score (nSPS) is 10.2. The van der Waals surface area contributed by atoms with Crippen molar-refractivity contribution >= 4 is 11.6 Å². The minimum Gasteiger partial charge on any atom is -0.396 e. The zero-order valence-electron chi connectivity index (χ0n) is 10.8. The maximum atomic E-state index is 12.1. The molecule has 0 saturated carbocycles. The summed E-state index contributed by atoms with van der Waals surface area (Å²) < 4.78 is 0. The summed E-state index contributed by atoms with van der Waals surface area (Å²) in [6.07, 6.45) is 2.28. The Balaban J connectivity index is 2.09. The lowest BCUT2D eigenvalue weighted by molar-refractivity contribution is 0.102. The number of benzene rings is 1. The van der Waals surface area contributed by atoms with E-state index >= 15 is 0 Å². The highest BCUT2D eigenvalue weighted by Gasteiger charge is 2.09. The van der Waals surface area contributed by atoms with E-state index in [-0.39, 0.29) is 12.5 Å². The topological polar surface area (TPSA) is 62.2 Å². The molecule has 0 spiro atoms. The summed E-state index contributed by atoms with van der Waals surface area (Å²) in [6, 6.07) is 10.9. The molecule has 0 aliphatic heterocycles. The molecule has 0 unspecified atom stereocenters. The number of pyridine rings is 1. The van der Waals surface area contributed by atoms with Crippen molar-refractivity contribution in [3.05, 3.63) is 59.4 Å². The third-order valence-corrected chi connectivity index (χ3v) is 2.86. The average Bonchev–Trinajstić information content (AvgIpc) is 2.42. The molecular weight excluding hydrogens is 240 g/mol. The molecule has 0 saturated heterocycles. The highest BCUT2D eigenvalue weighted by atomic mass is 16.2. The number of nitrogens with zero attached hydrogens (tertiary/aromatic N) is 1. The van der Waals surface area contributed by atoms with Gasteiger partial charge in [-0.05, 0) is 43.2 Å². The van der Waals surface area contributed by atoms with Gasteiger partial charge in [0.2, 0.25) is 0 Å². The molecule has 0 aliphatic carbocycles. The molecule has 1 amide bonds. The van der Waals surface area contributed by atoms with Gasteiger partial charge in [0.05, 0.1) is 5.56 Å². The minimum absolute atomic E-state index is 0.126. The van der Waals surface area contributed by atoms with E-state index in [2.05, 4.69) is 10.3 Å². The van der Waals surface area contributed by atoms with Gasteiger partial charge in [0.15, 0.2) is 0 Å². The molecule has 98 valence electrons. The number of aryl methyl sites for hydroxylation is 1. The Morgan fingerprint density at radius 3 is 2.63 bits per heavy atom. The monoisotopic (exact) mass is 256 g/mol. The van der Waals surface area contributed by atoms with Crippen molar-refractivity contribution in [2.45, 2.75) is 13.3 Å². The largest absolute Gasteiger partial charge is 0.396 e. The maximum absolute atomic E-state index is 12.1. The molecule has 2 N–H and O–H groups in total. The molecule has 0 radical (unpaired) electrons.